The van der Waals surface area contributed by atoms with Gasteiger partial charge in [0, 0.05) is 4.47 Å². The summed E-state index contributed by atoms with van der Waals surface area (Å²) in [6.45, 7) is 0. The number of aliphatic hydroxyl groups excluding tert-OH is 1. The summed E-state index contributed by atoms with van der Waals surface area (Å²) >= 11 is 9.38. The van der Waals surface area contributed by atoms with Crippen LogP contribution in [0.15, 0.2) is 22.7 Å². The highest BCUT2D eigenvalue weighted by Gasteiger charge is 2.22. The Balaban J connectivity index is 2.11. The van der Waals surface area contributed by atoms with Gasteiger partial charge in [-0.15, -0.1) is 0 Å². The molecule has 1 aromatic carbocycles. The standard InChI is InChI=1S/C14H18BrClO/c15-12-9-11(7-8-13(12)16)14(17)10-5-3-1-2-4-6-10/h7-10,14,17H,1-6H2. The lowest BCUT2D eigenvalue weighted by Gasteiger charge is -2.21. The molecule has 1 fully saturated rings. The molecule has 0 heterocycles. The largest absolute Gasteiger partial charge is 0.388 e. The lowest BCUT2D eigenvalue weighted by Crippen LogP contribution is -2.11. The number of benzene rings is 1. The van der Waals surface area contributed by atoms with Crippen molar-refractivity contribution in [3.8, 4) is 0 Å². The van der Waals surface area contributed by atoms with Gasteiger partial charge in [-0.1, -0.05) is 43.4 Å². The highest BCUT2D eigenvalue weighted by Crippen LogP contribution is 2.35. The minimum atomic E-state index is -0.346. The Bertz CT molecular complexity index is 372. The van der Waals surface area contributed by atoms with Crippen molar-refractivity contribution in [2.24, 2.45) is 5.92 Å². The molecule has 1 unspecified atom stereocenters. The molecule has 1 atom stereocenters. The molecule has 1 aliphatic carbocycles. The molecular weight excluding hydrogens is 300 g/mol. The Morgan fingerprint density at radius 3 is 2.41 bits per heavy atom. The monoisotopic (exact) mass is 316 g/mol. The first-order valence-electron chi connectivity index (χ1n) is 6.31. The fraction of sp³-hybridized carbons (Fsp3) is 0.571. The first-order valence-corrected chi connectivity index (χ1v) is 7.48. The zero-order valence-electron chi connectivity index (χ0n) is 9.83. The predicted molar refractivity (Wildman–Crippen MR) is 75.3 cm³/mol. The van der Waals surface area contributed by atoms with E-state index in [2.05, 4.69) is 15.9 Å². The van der Waals surface area contributed by atoms with Crippen LogP contribution < -0.4 is 0 Å². The van der Waals surface area contributed by atoms with Crippen LogP contribution in [-0.4, -0.2) is 5.11 Å². The summed E-state index contributed by atoms with van der Waals surface area (Å²) < 4.78 is 0.865. The van der Waals surface area contributed by atoms with Crippen LogP contribution in [0.25, 0.3) is 0 Å². The molecule has 1 N–H and O–H groups in total. The molecule has 1 nitrogen and oxygen atoms in total. The predicted octanol–water partition coefficient (Wildman–Crippen LogP) is 5.11. The van der Waals surface area contributed by atoms with Crippen LogP contribution in [0.2, 0.25) is 5.02 Å². The lowest BCUT2D eigenvalue weighted by atomic mass is 9.89. The zero-order chi connectivity index (χ0) is 12.3. The number of halogens is 2. The second-order valence-corrected chi connectivity index (χ2v) is 6.13. The summed E-state index contributed by atoms with van der Waals surface area (Å²) in [4.78, 5) is 0. The normalized spacial score (nSPS) is 19.9. The fourth-order valence-corrected chi connectivity index (χ4v) is 3.11. The molecule has 1 aliphatic rings. The van der Waals surface area contributed by atoms with Crippen LogP contribution in [0.3, 0.4) is 0 Å². The van der Waals surface area contributed by atoms with Crippen molar-refractivity contribution in [3.05, 3.63) is 33.3 Å². The average Bonchev–Trinajstić information content (AvgIpc) is 2.60. The Labute approximate surface area is 116 Å². The SMILES string of the molecule is OC(c1ccc(Cl)c(Br)c1)C1CCCCCC1. The van der Waals surface area contributed by atoms with E-state index in [1.54, 1.807) is 0 Å². The van der Waals surface area contributed by atoms with Gasteiger partial charge < -0.3 is 5.11 Å². The molecule has 1 aromatic rings. The molecule has 2 rings (SSSR count). The summed E-state index contributed by atoms with van der Waals surface area (Å²) in [5, 5.41) is 11.1. The van der Waals surface area contributed by atoms with Crippen LogP contribution >= 0.6 is 27.5 Å². The molecule has 0 amide bonds. The van der Waals surface area contributed by atoms with Crippen LogP contribution in [0.4, 0.5) is 0 Å². The van der Waals surface area contributed by atoms with E-state index in [1.165, 1.54) is 25.7 Å². The smallest absolute Gasteiger partial charge is 0.0818 e. The van der Waals surface area contributed by atoms with Gasteiger partial charge in [0.05, 0.1) is 11.1 Å². The summed E-state index contributed by atoms with van der Waals surface area (Å²) in [5.41, 5.74) is 0.980. The van der Waals surface area contributed by atoms with Crippen molar-refractivity contribution in [2.45, 2.75) is 44.6 Å². The molecule has 94 valence electrons. The van der Waals surface area contributed by atoms with E-state index in [-0.39, 0.29) is 6.10 Å². The third-order valence-corrected chi connectivity index (χ3v) is 4.85. The van der Waals surface area contributed by atoms with Gasteiger partial charge >= 0.3 is 0 Å². The first-order chi connectivity index (χ1) is 8.18. The summed E-state index contributed by atoms with van der Waals surface area (Å²) in [6, 6.07) is 5.72. The maximum absolute atomic E-state index is 10.4. The van der Waals surface area contributed by atoms with Gasteiger partial charge in [-0.3, -0.25) is 0 Å². The molecule has 17 heavy (non-hydrogen) atoms. The van der Waals surface area contributed by atoms with Gasteiger partial charge in [-0.05, 0) is 52.4 Å². The lowest BCUT2D eigenvalue weighted by molar-refractivity contribution is 0.0987. The van der Waals surface area contributed by atoms with Gasteiger partial charge in [-0.25, -0.2) is 0 Å². The second kappa shape index (κ2) is 6.21. The van der Waals surface area contributed by atoms with E-state index in [0.29, 0.717) is 10.9 Å². The molecule has 1 saturated carbocycles. The zero-order valence-corrected chi connectivity index (χ0v) is 12.2. The van der Waals surface area contributed by atoms with Crippen molar-refractivity contribution in [1.82, 2.24) is 0 Å². The highest BCUT2D eigenvalue weighted by atomic mass is 79.9. The van der Waals surface area contributed by atoms with Gasteiger partial charge in [-0.2, -0.15) is 0 Å². The molecule has 0 saturated heterocycles. The number of hydrogen-bond acceptors (Lipinski definition) is 1. The Morgan fingerprint density at radius 1 is 1.18 bits per heavy atom. The topological polar surface area (TPSA) is 20.2 Å². The summed E-state index contributed by atoms with van der Waals surface area (Å²) in [6.07, 6.45) is 7.05. The van der Waals surface area contributed by atoms with Crippen LogP contribution in [0, 0.1) is 5.92 Å². The third kappa shape index (κ3) is 3.46. The van der Waals surface area contributed by atoms with Crippen molar-refractivity contribution < 1.29 is 5.11 Å². The van der Waals surface area contributed by atoms with E-state index in [0.717, 1.165) is 22.9 Å². The number of rotatable bonds is 2. The molecule has 0 radical (unpaired) electrons. The minimum Gasteiger partial charge on any atom is -0.388 e. The van der Waals surface area contributed by atoms with Crippen molar-refractivity contribution in [2.75, 3.05) is 0 Å². The van der Waals surface area contributed by atoms with Gasteiger partial charge in [0.2, 0.25) is 0 Å². The van der Waals surface area contributed by atoms with Crippen molar-refractivity contribution in [3.63, 3.8) is 0 Å². The molecule has 0 bridgehead atoms. The van der Waals surface area contributed by atoms with Gasteiger partial charge in [0.15, 0.2) is 0 Å². The number of hydrogen-bond donors (Lipinski definition) is 1. The third-order valence-electron chi connectivity index (χ3n) is 3.63. The quantitative estimate of drug-likeness (QED) is 0.752. The Hall–Kier alpha value is -0.0500. The number of aliphatic hydroxyl groups is 1. The fourth-order valence-electron chi connectivity index (χ4n) is 2.60. The van der Waals surface area contributed by atoms with E-state index < -0.39 is 0 Å². The average molecular weight is 318 g/mol. The Kier molecular flexibility index (Phi) is 4.89. The maximum Gasteiger partial charge on any atom is 0.0818 e. The second-order valence-electron chi connectivity index (χ2n) is 4.87. The summed E-state index contributed by atoms with van der Waals surface area (Å²) in [7, 11) is 0. The maximum atomic E-state index is 10.4. The van der Waals surface area contributed by atoms with E-state index in [1.807, 2.05) is 18.2 Å². The van der Waals surface area contributed by atoms with E-state index >= 15 is 0 Å². The summed E-state index contributed by atoms with van der Waals surface area (Å²) in [5.74, 6) is 0.408. The first kappa shape index (κ1) is 13.4. The van der Waals surface area contributed by atoms with Crippen LogP contribution in [0.5, 0.6) is 0 Å². The molecule has 0 aliphatic heterocycles. The minimum absolute atomic E-state index is 0.346. The van der Waals surface area contributed by atoms with E-state index in [4.69, 9.17) is 11.6 Å². The van der Waals surface area contributed by atoms with Crippen molar-refractivity contribution >= 4 is 27.5 Å². The van der Waals surface area contributed by atoms with Crippen LogP contribution in [0.1, 0.15) is 50.2 Å². The van der Waals surface area contributed by atoms with Crippen LogP contribution in [-0.2, 0) is 0 Å². The molecule has 3 heteroatoms. The van der Waals surface area contributed by atoms with E-state index in [9.17, 15) is 5.11 Å². The highest BCUT2D eigenvalue weighted by molar-refractivity contribution is 9.10. The molecule has 0 aromatic heterocycles. The molecular formula is C14H18BrClO. The van der Waals surface area contributed by atoms with Crippen molar-refractivity contribution in [1.29, 1.82) is 0 Å². The Morgan fingerprint density at radius 2 is 1.82 bits per heavy atom. The molecule has 0 spiro atoms. The van der Waals surface area contributed by atoms with Gasteiger partial charge in [0.25, 0.3) is 0 Å². The van der Waals surface area contributed by atoms with Gasteiger partial charge in [0.1, 0.15) is 0 Å².